The minimum Gasteiger partial charge on any atom is -0.509 e. The molecule has 180 valence electrons. The molecule has 1 amide bonds. The molecule has 9 nitrogen and oxygen atoms in total. The normalized spacial score (nSPS) is 22.7. The highest BCUT2D eigenvalue weighted by atomic mass is 32.2. The minimum absolute atomic E-state index is 0.0111. The van der Waals surface area contributed by atoms with Crippen LogP contribution in [0.15, 0.2) is 45.5 Å². The molecule has 2 heterocycles. The Kier molecular flexibility index (Phi) is 5.56. The van der Waals surface area contributed by atoms with Gasteiger partial charge in [-0.1, -0.05) is 33.6 Å². The first-order valence-electron chi connectivity index (χ1n) is 10.8. The van der Waals surface area contributed by atoms with Crippen molar-refractivity contribution in [3.8, 4) is 0 Å². The van der Waals surface area contributed by atoms with Crippen LogP contribution in [-0.2, 0) is 24.7 Å². The molecule has 33 heavy (non-hydrogen) atoms. The number of sulfone groups is 1. The van der Waals surface area contributed by atoms with Crippen LogP contribution in [-0.4, -0.2) is 51.6 Å². The maximum atomic E-state index is 13.4. The van der Waals surface area contributed by atoms with Crippen molar-refractivity contribution in [2.24, 2.45) is 11.3 Å². The zero-order chi connectivity index (χ0) is 24.3. The summed E-state index contributed by atoms with van der Waals surface area (Å²) in [6, 6.07) is 3.51. The molecule has 1 fully saturated rings. The number of hydrogen-bond donors (Lipinski definition) is 3. The van der Waals surface area contributed by atoms with E-state index in [2.05, 4.69) is 10.0 Å². The smallest absolute Gasteiger partial charge is 0.260 e. The van der Waals surface area contributed by atoms with Gasteiger partial charge in [-0.3, -0.25) is 9.52 Å². The van der Waals surface area contributed by atoms with Gasteiger partial charge in [-0.2, -0.15) is 0 Å². The SMILES string of the molecule is CC(C)(C)C1C(O)=C(C2=CS(=O)(=O)c3cc(NS(C)(=O)=O)ccc3N2)C(=O)N1CCC1CC1. The maximum Gasteiger partial charge on any atom is 0.260 e. The Bertz CT molecular complexity index is 1290. The van der Waals surface area contributed by atoms with Gasteiger partial charge in [0.05, 0.1) is 34.0 Å². The Hall–Kier alpha value is -2.53. The van der Waals surface area contributed by atoms with E-state index in [-0.39, 0.29) is 33.3 Å². The highest BCUT2D eigenvalue weighted by Crippen LogP contribution is 2.42. The third-order valence-electron chi connectivity index (χ3n) is 6.00. The lowest BCUT2D eigenvalue weighted by atomic mass is 9.85. The fraction of sp³-hybridized carbons (Fsp3) is 0.500. The summed E-state index contributed by atoms with van der Waals surface area (Å²) < 4.78 is 51.3. The molecule has 2 aliphatic heterocycles. The van der Waals surface area contributed by atoms with E-state index in [9.17, 15) is 26.7 Å². The quantitative estimate of drug-likeness (QED) is 0.552. The highest BCUT2D eigenvalue weighted by Gasteiger charge is 2.47. The average molecular weight is 496 g/mol. The van der Waals surface area contributed by atoms with Crippen LogP contribution in [0.2, 0.25) is 0 Å². The third kappa shape index (κ3) is 4.74. The Balaban J connectivity index is 1.72. The van der Waals surface area contributed by atoms with Gasteiger partial charge in [0, 0.05) is 12.2 Å². The van der Waals surface area contributed by atoms with Gasteiger partial charge in [0.1, 0.15) is 11.3 Å². The van der Waals surface area contributed by atoms with Crippen LogP contribution < -0.4 is 10.0 Å². The Morgan fingerprint density at radius 3 is 2.48 bits per heavy atom. The molecule has 0 aromatic heterocycles. The summed E-state index contributed by atoms with van der Waals surface area (Å²) in [6.45, 7) is 6.29. The van der Waals surface area contributed by atoms with E-state index in [0.29, 0.717) is 12.5 Å². The average Bonchev–Trinajstić information content (AvgIpc) is 3.43. The van der Waals surface area contributed by atoms with Gasteiger partial charge in [0.15, 0.2) is 0 Å². The lowest BCUT2D eigenvalue weighted by molar-refractivity contribution is -0.128. The fourth-order valence-corrected chi connectivity index (χ4v) is 6.28. The molecule has 1 aromatic carbocycles. The Labute approximate surface area is 194 Å². The molecule has 1 unspecified atom stereocenters. The summed E-state index contributed by atoms with van der Waals surface area (Å²) in [7, 11) is -7.60. The molecule has 0 radical (unpaired) electrons. The number of nitrogens with one attached hydrogen (secondary N) is 2. The first-order chi connectivity index (χ1) is 15.2. The van der Waals surface area contributed by atoms with Gasteiger partial charge in [0.2, 0.25) is 19.9 Å². The van der Waals surface area contributed by atoms with E-state index < -0.39 is 37.2 Å². The topological polar surface area (TPSA) is 133 Å². The van der Waals surface area contributed by atoms with E-state index in [1.165, 1.54) is 18.2 Å². The number of fused-ring (bicyclic) bond motifs is 1. The number of rotatable bonds is 6. The van der Waals surface area contributed by atoms with Gasteiger partial charge in [-0.15, -0.1) is 0 Å². The second-order valence-corrected chi connectivity index (χ2v) is 13.6. The number of nitrogens with zero attached hydrogens (tertiary/aromatic N) is 1. The molecule has 4 rings (SSSR count). The second-order valence-electron chi connectivity index (χ2n) is 10.0. The summed E-state index contributed by atoms with van der Waals surface area (Å²) in [5.74, 6) is 0.0514. The van der Waals surface area contributed by atoms with Crippen molar-refractivity contribution in [1.29, 1.82) is 0 Å². The number of aliphatic hydroxyl groups is 1. The fourth-order valence-electron chi connectivity index (χ4n) is 4.40. The predicted molar refractivity (Wildman–Crippen MR) is 126 cm³/mol. The summed E-state index contributed by atoms with van der Waals surface area (Å²) in [6.07, 6.45) is 4.11. The van der Waals surface area contributed by atoms with Crippen molar-refractivity contribution in [1.82, 2.24) is 4.90 Å². The lowest BCUT2D eigenvalue weighted by Crippen LogP contribution is -2.44. The summed E-state index contributed by atoms with van der Waals surface area (Å²) >= 11 is 0. The van der Waals surface area contributed by atoms with E-state index in [1.54, 1.807) is 4.90 Å². The standard InChI is InChI=1S/C22H29N3O6S2/c1-22(2,3)20-19(26)18(21(27)25(20)10-9-13-5-6-13)16-12-33(30,31)17-11-14(24-32(4,28)29)7-8-15(17)23-16/h7-8,11-13,20,23-24,26H,5-6,9-10H2,1-4H3. The molecule has 1 saturated carbocycles. The number of sulfonamides is 1. The number of benzene rings is 1. The number of carbonyl (C=O) groups excluding carboxylic acids is 1. The van der Waals surface area contributed by atoms with E-state index in [1.807, 2.05) is 20.8 Å². The molecule has 1 aromatic rings. The number of amides is 1. The van der Waals surface area contributed by atoms with Crippen LogP contribution >= 0.6 is 0 Å². The van der Waals surface area contributed by atoms with Crippen LogP contribution in [0, 0.1) is 11.3 Å². The van der Waals surface area contributed by atoms with Crippen molar-refractivity contribution in [2.45, 2.75) is 51.0 Å². The van der Waals surface area contributed by atoms with Crippen LogP contribution in [0.1, 0.15) is 40.0 Å². The number of hydrogen-bond acceptors (Lipinski definition) is 7. The Morgan fingerprint density at radius 2 is 1.91 bits per heavy atom. The maximum absolute atomic E-state index is 13.4. The van der Waals surface area contributed by atoms with Crippen molar-refractivity contribution >= 4 is 37.1 Å². The summed E-state index contributed by atoms with van der Waals surface area (Å²) in [4.78, 5) is 14.9. The van der Waals surface area contributed by atoms with Crippen molar-refractivity contribution in [3.63, 3.8) is 0 Å². The van der Waals surface area contributed by atoms with E-state index >= 15 is 0 Å². The van der Waals surface area contributed by atoms with Gasteiger partial charge in [-0.05, 0) is 36.0 Å². The predicted octanol–water partition coefficient (Wildman–Crippen LogP) is 2.97. The molecule has 1 aliphatic carbocycles. The molecule has 1 atom stereocenters. The summed E-state index contributed by atoms with van der Waals surface area (Å²) in [5.41, 5.74) is -0.182. The molecule has 11 heteroatoms. The number of anilines is 2. The first-order valence-corrected chi connectivity index (χ1v) is 14.2. The highest BCUT2D eigenvalue weighted by molar-refractivity contribution is 7.94. The van der Waals surface area contributed by atoms with E-state index in [4.69, 9.17) is 0 Å². The van der Waals surface area contributed by atoms with Gasteiger partial charge in [-0.25, -0.2) is 16.8 Å². The first kappa shape index (κ1) is 23.6. The van der Waals surface area contributed by atoms with E-state index in [0.717, 1.165) is 30.9 Å². The van der Waals surface area contributed by atoms with Crippen LogP contribution in [0.4, 0.5) is 11.4 Å². The summed E-state index contributed by atoms with van der Waals surface area (Å²) in [5, 5.41) is 15.0. The second kappa shape index (κ2) is 7.76. The number of carbonyl (C=O) groups is 1. The van der Waals surface area contributed by atoms with Crippen LogP contribution in [0.3, 0.4) is 0 Å². The minimum atomic E-state index is -4.02. The van der Waals surface area contributed by atoms with Crippen LogP contribution in [0.25, 0.3) is 0 Å². The molecule has 0 bridgehead atoms. The monoisotopic (exact) mass is 495 g/mol. The molecule has 3 N–H and O–H groups in total. The van der Waals surface area contributed by atoms with Gasteiger partial charge in [0.25, 0.3) is 5.91 Å². The molecular formula is C22H29N3O6S2. The van der Waals surface area contributed by atoms with Gasteiger partial charge < -0.3 is 15.3 Å². The molecule has 0 saturated heterocycles. The Morgan fingerprint density at radius 1 is 1.24 bits per heavy atom. The lowest BCUT2D eigenvalue weighted by Gasteiger charge is -2.35. The van der Waals surface area contributed by atoms with Crippen molar-refractivity contribution in [2.75, 3.05) is 22.8 Å². The van der Waals surface area contributed by atoms with Gasteiger partial charge >= 0.3 is 0 Å². The van der Waals surface area contributed by atoms with Crippen LogP contribution in [0.5, 0.6) is 0 Å². The zero-order valence-corrected chi connectivity index (χ0v) is 20.7. The largest absolute Gasteiger partial charge is 0.509 e. The van der Waals surface area contributed by atoms with Crippen molar-refractivity contribution in [3.05, 3.63) is 40.6 Å². The number of aliphatic hydroxyl groups excluding tert-OH is 1. The van der Waals surface area contributed by atoms with Crippen molar-refractivity contribution < 1.29 is 26.7 Å². The zero-order valence-electron chi connectivity index (χ0n) is 19.0. The third-order valence-corrected chi connectivity index (χ3v) is 8.10. The molecular weight excluding hydrogens is 466 g/mol. The molecule has 3 aliphatic rings. The molecule has 0 spiro atoms.